The smallest absolute Gasteiger partial charge is 0.412 e. The maximum atomic E-state index is 13.0. The molecule has 196 valence electrons. The first kappa shape index (κ1) is 26.3. The zero-order valence-electron chi connectivity index (χ0n) is 20.8. The highest BCUT2D eigenvalue weighted by molar-refractivity contribution is 6.30. The highest BCUT2D eigenvalue weighted by Gasteiger charge is 2.28. The number of halogens is 1. The molecule has 0 unspecified atom stereocenters. The van der Waals surface area contributed by atoms with E-state index in [1.54, 1.807) is 36.4 Å². The molecule has 3 N–H and O–H groups in total. The number of aromatic nitrogens is 1. The van der Waals surface area contributed by atoms with Gasteiger partial charge in [-0.1, -0.05) is 23.7 Å². The van der Waals surface area contributed by atoms with E-state index in [1.165, 1.54) is 6.20 Å². The van der Waals surface area contributed by atoms with Gasteiger partial charge in [-0.25, -0.2) is 14.6 Å². The number of rotatable bonds is 5. The molecular formula is C26H29ClN4O6. The number of hydrogen-bond donors (Lipinski definition) is 3. The van der Waals surface area contributed by atoms with Crippen LogP contribution in [0.15, 0.2) is 47.0 Å². The molecule has 1 saturated carbocycles. The Bertz CT molecular complexity index is 1280. The van der Waals surface area contributed by atoms with Crippen molar-refractivity contribution in [1.29, 1.82) is 0 Å². The minimum Gasteiger partial charge on any atom is -0.449 e. The second-order valence-electron chi connectivity index (χ2n) is 9.77. The van der Waals surface area contributed by atoms with Crippen molar-refractivity contribution in [2.75, 3.05) is 10.6 Å². The van der Waals surface area contributed by atoms with Crippen LogP contribution in [0.1, 0.15) is 57.0 Å². The minimum atomic E-state index is -0.700. The third-order valence-electron chi connectivity index (χ3n) is 5.67. The van der Waals surface area contributed by atoms with Gasteiger partial charge >= 0.3 is 12.2 Å². The Hall–Kier alpha value is -3.79. The normalized spacial score (nSPS) is 17.6. The van der Waals surface area contributed by atoms with Gasteiger partial charge in [-0.2, -0.15) is 0 Å². The molecule has 0 saturated heterocycles. The van der Waals surface area contributed by atoms with Crippen molar-refractivity contribution in [2.24, 2.45) is 0 Å². The summed E-state index contributed by atoms with van der Waals surface area (Å²) in [6.45, 7) is 5.42. The molecule has 0 atom stereocenters. The van der Waals surface area contributed by atoms with Crippen molar-refractivity contribution in [3.8, 4) is 0 Å². The van der Waals surface area contributed by atoms with Crippen LogP contribution >= 0.6 is 11.6 Å². The molecule has 4 rings (SSSR count). The summed E-state index contributed by atoms with van der Waals surface area (Å²) in [6, 6.07) is 10.1. The highest BCUT2D eigenvalue weighted by atomic mass is 35.5. The molecule has 1 aliphatic carbocycles. The van der Waals surface area contributed by atoms with Gasteiger partial charge in [0.05, 0.1) is 5.02 Å². The van der Waals surface area contributed by atoms with E-state index in [9.17, 15) is 14.4 Å². The Labute approximate surface area is 219 Å². The third-order valence-corrected chi connectivity index (χ3v) is 5.89. The lowest BCUT2D eigenvalue weighted by Crippen LogP contribution is -2.42. The second kappa shape index (κ2) is 11.1. The van der Waals surface area contributed by atoms with Crippen molar-refractivity contribution < 1.29 is 28.3 Å². The summed E-state index contributed by atoms with van der Waals surface area (Å²) >= 11 is 5.86. The Morgan fingerprint density at radius 3 is 2.41 bits per heavy atom. The van der Waals surface area contributed by atoms with Gasteiger partial charge in [-0.05, 0) is 70.7 Å². The summed E-state index contributed by atoms with van der Waals surface area (Å²) < 4.78 is 16.7. The monoisotopic (exact) mass is 528 g/mol. The molecule has 0 aliphatic heterocycles. The molecule has 11 heteroatoms. The van der Waals surface area contributed by atoms with Crippen molar-refractivity contribution in [2.45, 2.75) is 64.2 Å². The lowest BCUT2D eigenvalue weighted by Gasteiger charge is -2.29. The lowest BCUT2D eigenvalue weighted by atomic mass is 9.93. The van der Waals surface area contributed by atoms with E-state index in [1.807, 2.05) is 20.8 Å². The quantitative estimate of drug-likeness (QED) is 0.363. The fraction of sp³-hybridized carbons (Fsp3) is 0.385. The maximum Gasteiger partial charge on any atom is 0.412 e. The Morgan fingerprint density at radius 2 is 1.73 bits per heavy atom. The first-order valence-electron chi connectivity index (χ1n) is 12.0. The number of para-hydroxylation sites is 1. The molecule has 3 amide bonds. The summed E-state index contributed by atoms with van der Waals surface area (Å²) in [5.41, 5.74) is 0.0639. The predicted molar refractivity (Wildman–Crippen MR) is 139 cm³/mol. The van der Waals surface area contributed by atoms with Gasteiger partial charge in [-0.3, -0.25) is 10.1 Å². The van der Waals surface area contributed by atoms with Gasteiger partial charge in [0, 0.05) is 17.6 Å². The number of nitrogens with one attached hydrogen (secondary N) is 3. The predicted octanol–water partition coefficient (Wildman–Crippen LogP) is 6.12. The van der Waals surface area contributed by atoms with Crippen LogP contribution in [0.3, 0.4) is 0 Å². The van der Waals surface area contributed by atoms with Gasteiger partial charge in [0.1, 0.15) is 28.8 Å². The van der Waals surface area contributed by atoms with Gasteiger partial charge in [0.2, 0.25) is 5.76 Å². The summed E-state index contributed by atoms with van der Waals surface area (Å²) in [5, 5.41) is 9.16. The van der Waals surface area contributed by atoms with Crippen LogP contribution in [-0.4, -0.2) is 40.8 Å². The standard InChI is InChI=1S/C26H29ClN4O6/c1-26(2,3)37-25(34)29-16-9-11-17(12-10-16)35-24(33)31-21-18-6-4-5-7-19(18)36-22(21)23(32)30-20-13-8-15(27)14-28-20/h4-8,13-14,16-17H,9-12H2,1-3H3,(H,29,34)(H,31,33)(H,28,30,32). The number of anilines is 2. The first-order chi connectivity index (χ1) is 17.6. The van der Waals surface area contributed by atoms with E-state index >= 15 is 0 Å². The number of amides is 3. The molecular weight excluding hydrogens is 500 g/mol. The Balaban J connectivity index is 1.38. The number of hydrogen-bond acceptors (Lipinski definition) is 7. The van der Waals surface area contributed by atoms with Gasteiger partial charge in [-0.15, -0.1) is 0 Å². The molecule has 3 aromatic rings. The minimum absolute atomic E-state index is 0.0487. The molecule has 0 radical (unpaired) electrons. The van der Waals surface area contributed by atoms with Gasteiger partial charge in [0.15, 0.2) is 0 Å². The van der Waals surface area contributed by atoms with Crippen LogP contribution in [0, 0.1) is 0 Å². The van der Waals surface area contributed by atoms with E-state index in [-0.39, 0.29) is 29.4 Å². The summed E-state index contributed by atoms with van der Waals surface area (Å²) in [4.78, 5) is 41.8. The molecule has 10 nitrogen and oxygen atoms in total. The summed E-state index contributed by atoms with van der Waals surface area (Å²) in [7, 11) is 0. The van der Waals surface area contributed by atoms with Crippen LogP contribution in [-0.2, 0) is 9.47 Å². The zero-order valence-corrected chi connectivity index (χ0v) is 21.6. The fourth-order valence-corrected chi connectivity index (χ4v) is 4.15. The molecule has 37 heavy (non-hydrogen) atoms. The van der Waals surface area contributed by atoms with Crippen molar-refractivity contribution in [3.63, 3.8) is 0 Å². The average molecular weight is 529 g/mol. The first-order valence-corrected chi connectivity index (χ1v) is 12.4. The van der Waals surface area contributed by atoms with E-state index in [2.05, 4.69) is 20.9 Å². The molecule has 0 spiro atoms. The number of pyridine rings is 1. The number of furan rings is 1. The van der Waals surface area contributed by atoms with E-state index in [4.69, 9.17) is 25.5 Å². The van der Waals surface area contributed by atoms with Crippen molar-refractivity contribution in [3.05, 3.63) is 53.4 Å². The zero-order chi connectivity index (χ0) is 26.6. The van der Waals surface area contributed by atoms with Crippen molar-refractivity contribution >= 4 is 52.2 Å². The number of fused-ring (bicyclic) bond motifs is 1. The average Bonchev–Trinajstić information content (AvgIpc) is 3.19. The molecule has 2 heterocycles. The molecule has 1 fully saturated rings. The van der Waals surface area contributed by atoms with E-state index < -0.39 is 23.7 Å². The Morgan fingerprint density at radius 1 is 1.00 bits per heavy atom. The van der Waals surface area contributed by atoms with E-state index in [0.29, 0.717) is 41.7 Å². The largest absolute Gasteiger partial charge is 0.449 e. The SMILES string of the molecule is CC(C)(C)OC(=O)NC1CCC(OC(=O)Nc2c(C(=O)Nc3ccc(Cl)cn3)oc3ccccc23)CC1. The van der Waals surface area contributed by atoms with Crippen LogP contribution in [0.2, 0.25) is 5.02 Å². The topological polar surface area (TPSA) is 132 Å². The van der Waals surface area contributed by atoms with E-state index in [0.717, 1.165) is 0 Å². The van der Waals surface area contributed by atoms with Gasteiger partial charge in [0.25, 0.3) is 5.91 Å². The van der Waals surface area contributed by atoms with Crippen LogP contribution in [0.25, 0.3) is 11.0 Å². The fourth-order valence-electron chi connectivity index (χ4n) is 4.03. The number of nitrogens with zero attached hydrogens (tertiary/aromatic N) is 1. The Kier molecular flexibility index (Phi) is 7.87. The molecule has 0 bridgehead atoms. The highest BCUT2D eigenvalue weighted by Crippen LogP contribution is 2.32. The van der Waals surface area contributed by atoms with Crippen molar-refractivity contribution in [1.82, 2.24) is 10.3 Å². The number of alkyl carbamates (subject to hydrolysis) is 1. The number of carbonyl (C=O) groups excluding carboxylic acids is 3. The third kappa shape index (κ3) is 7.13. The number of benzene rings is 1. The molecule has 2 aromatic heterocycles. The van der Waals surface area contributed by atoms with Crippen LogP contribution < -0.4 is 16.0 Å². The molecule has 1 aromatic carbocycles. The lowest BCUT2D eigenvalue weighted by molar-refractivity contribution is 0.0440. The van der Waals surface area contributed by atoms with Crippen LogP contribution in [0.5, 0.6) is 0 Å². The maximum absolute atomic E-state index is 13.0. The second-order valence-corrected chi connectivity index (χ2v) is 10.2. The molecule has 1 aliphatic rings. The summed E-state index contributed by atoms with van der Waals surface area (Å²) in [5.74, 6) is -0.393. The van der Waals surface area contributed by atoms with Crippen LogP contribution in [0.4, 0.5) is 21.1 Å². The van der Waals surface area contributed by atoms with Gasteiger partial charge < -0.3 is 24.5 Å². The number of ether oxygens (including phenoxy) is 2. The summed E-state index contributed by atoms with van der Waals surface area (Å²) in [6.07, 6.45) is 2.37. The number of carbonyl (C=O) groups is 3.